The van der Waals surface area contributed by atoms with Gasteiger partial charge in [-0.15, -0.1) is 0 Å². The quantitative estimate of drug-likeness (QED) is 0.635. The predicted octanol–water partition coefficient (Wildman–Crippen LogP) is 4.55. The Balaban J connectivity index is 2.22. The zero-order valence-electron chi connectivity index (χ0n) is 12.8. The minimum Gasteiger partial charge on any atom is -0.496 e. The summed E-state index contributed by atoms with van der Waals surface area (Å²) in [6.07, 6.45) is 0.661. The molecule has 0 fully saturated rings. The van der Waals surface area contributed by atoms with E-state index in [1.807, 2.05) is 19.1 Å². The van der Waals surface area contributed by atoms with Gasteiger partial charge in [0.25, 0.3) is 5.91 Å². The maximum atomic E-state index is 12.3. The number of amides is 1. The topological polar surface area (TPSA) is 50.7 Å². The Morgan fingerprint density at radius 2 is 1.78 bits per heavy atom. The molecule has 0 bridgehead atoms. The molecule has 120 valence electrons. The van der Waals surface area contributed by atoms with Crippen molar-refractivity contribution in [2.24, 2.45) is 5.10 Å². The largest absolute Gasteiger partial charge is 0.496 e. The van der Waals surface area contributed by atoms with Crippen molar-refractivity contribution in [3.05, 3.63) is 63.6 Å². The molecule has 0 unspecified atom stereocenters. The van der Waals surface area contributed by atoms with E-state index in [0.717, 1.165) is 11.3 Å². The molecule has 1 N–H and O–H groups in total. The minimum atomic E-state index is -0.385. The molecule has 0 aromatic heterocycles. The molecule has 2 rings (SSSR count). The maximum absolute atomic E-state index is 12.3. The summed E-state index contributed by atoms with van der Waals surface area (Å²) in [4.78, 5) is 12.3. The summed E-state index contributed by atoms with van der Waals surface area (Å²) >= 11 is 11.8. The summed E-state index contributed by atoms with van der Waals surface area (Å²) in [5, 5.41) is 5.30. The first-order valence-corrected chi connectivity index (χ1v) is 7.77. The van der Waals surface area contributed by atoms with E-state index in [-0.39, 0.29) is 5.91 Å². The van der Waals surface area contributed by atoms with Gasteiger partial charge >= 0.3 is 0 Å². The van der Waals surface area contributed by atoms with E-state index in [1.54, 1.807) is 30.3 Å². The van der Waals surface area contributed by atoms with E-state index in [1.165, 1.54) is 7.11 Å². The normalized spacial score (nSPS) is 11.2. The Morgan fingerprint density at radius 3 is 2.39 bits per heavy atom. The number of carbonyl (C=O) groups excluding carboxylic acids is 1. The number of hydrogen-bond donors (Lipinski definition) is 1. The van der Waals surface area contributed by atoms with Crippen LogP contribution in [0.5, 0.6) is 5.75 Å². The summed E-state index contributed by atoms with van der Waals surface area (Å²) in [7, 11) is 1.49. The molecule has 23 heavy (non-hydrogen) atoms. The van der Waals surface area contributed by atoms with Crippen LogP contribution >= 0.6 is 23.2 Å². The number of carbonyl (C=O) groups is 1. The van der Waals surface area contributed by atoms with Crippen LogP contribution in [-0.2, 0) is 0 Å². The first-order valence-electron chi connectivity index (χ1n) is 7.01. The van der Waals surface area contributed by atoms with Gasteiger partial charge in [0, 0.05) is 10.0 Å². The van der Waals surface area contributed by atoms with Gasteiger partial charge in [-0.05, 0) is 42.3 Å². The summed E-state index contributed by atoms with van der Waals surface area (Å²) in [6.45, 7) is 1.96. The molecule has 0 aliphatic carbocycles. The van der Waals surface area contributed by atoms with Crippen LogP contribution in [0.4, 0.5) is 0 Å². The highest BCUT2D eigenvalue weighted by molar-refractivity contribution is 6.31. The second-order valence-electron chi connectivity index (χ2n) is 4.70. The van der Waals surface area contributed by atoms with Crippen LogP contribution in [0.15, 0.2) is 47.6 Å². The second-order valence-corrected chi connectivity index (χ2v) is 5.58. The average Bonchev–Trinajstić information content (AvgIpc) is 2.56. The average molecular weight is 351 g/mol. The monoisotopic (exact) mass is 350 g/mol. The fraction of sp³-hybridized carbons (Fsp3) is 0.176. The molecule has 1 amide bonds. The summed E-state index contributed by atoms with van der Waals surface area (Å²) in [5.74, 6) is 0.0518. The highest BCUT2D eigenvalue weighted by Gasteiger charge is 2.13. The van der Waals surface area contributed by atoms with Gasteiger partial charge < -0.3 is 4.74 Å². The smallest absolute Gasteiger partial charge is 0.275 e. The van der Waals surface area contributed by atoms with E-state index in [9.17, 15) is 4.79 Å². The van der Waals surface area contributed by atoms with Crippen LogP contribution in [0.25, 0.3) is 0 Å². The van der Waals surface area contributed by atoms with Gasteiger partial charge in [0.2, 0.25) is 0 Å². The molecule has 4 nitrogen and oxygen atoms in total. The highest BCUT2D eigenvalue weighted by Crippen LogP contribution is 2.22. The Hall–Kier alpha value is -2.04. The highest BCUT2D eigenvalue weighted by atomic mass is 35.5. The Bertz CT molecular complexity index is 728. The lowest BCUT2D eigenvalue weighted by Crippen LogP contribution is -2.20. The van der Waals surface area contributed by atoms with E-state index < -0.39 is 0 Å². The molecule has 0 spiro atoms. The fourth-order valence-electron chi connectivity index (χ4n) is 2.03. The van der Waals surface area contributed by atoms with E-state index in [0.29, 0.717) is 27.8 Å². The van der Waals surface area contributed by atoms with Gasteiger partial charge in [-0.2, -0.15) is 5.10 Å². The molecular formula is C17H16Cl2N2O2. The number of methoxy groups -OCH3 is 1. The number of hydrogen-bond acceptors (Lipinski definition) is 3. The predicted molar refractivity (Wildman–Crippen MR) is 93.8 cm³/mol. The number of halogens is 2. The van der Waals surface area contributed by atoms with Crippen molar-refractivity contribution in [1.29, 1.82) is 0 Å². The third kappa shape index (κ3) is 4.47. The first kappa shape index (κ1) is 17.3. The molecule has 0 saturated carbocycles. The fourth-order valence-corrected chi connectivity index (χ4v) is 2.32. The van der Waals surface area contributed by atoms with Gasteiger partial charge in [-0.3, -0.25) is 4.79 Å². The van der Waals surface area contributed by atoms with Crippen LogP contribution in [0.1, 0.15) is 29.3 Å². The molecule has 2 aromatic carbocycles. The SMILES string of the molecule is CC/C(=N\NC(=O)c1cc(Cl)ccc1OC)c1ccc(Cl)cc1. The molecule has 0 atom stereocenters. The van der Waals surface area contributed by atoms with E-state index in [2.05, 4.69) is 10.5 Å². The van der Waals surface area contributed by atoms with Crippen LogP contribution in [0.2, 0.25) is 10.0 Å². The molecule has 0 aliphatic heterocycles. The van der Waals surface area contributed by atoms with Crippen molar-refractivity contribution in [3.8, 4) is 5.75 Å². The van der Waals surface area contributed by atoms with Crippen molar-refractivity contribution in [2.45, 2.75) is 13.3 Å². The lowest BCUT2D eigenvalue weighted by Gasteiger charge is -2.09. The van der Waals surface area contributed by atoms with Gasteiger partial charge in [0.15, 0.2) is 0 Å². The van der Waals surface area contributed by atoms with Crippen molar-refractivity contribution < 1.29 is 9.53 Å². The van der Waals surface area contributed by atoms with Crippen molar-refractivity contribution in [1.82, 2.24) is 5.43 Å². The van der Waals surface area contributed by atoms with Crippen molar-refractivity contribution in [2.75, 3.05) is 7.11 Å². The Morgan fingerprint density at radius 1 is 1.13 bits per heavy atom. The first-order chi connectivity index (χ1) is 11.0. The van der Waals surface area contributed by atoms with Crippen LogP contribution < -0.4 is 10.2 Å². The van der Waals surface area contributed by atoms with Crippen molar-refractivity contribution in [3.63, 3.8) is 0 Å². The number of nitrogens with one attached hydrogen (secondary N) is 1. The zero-order chi connectivity index (χ0) is 16.8. The molecule has 2 aromatic rings. The van der Waals surface area contributed by atoms with Crippen LogP contribution in [-0.4, -0.2) is 18.7 Å². The number of ether oxygens (including phenoxy) is 1. The second kappa shape index (κ2) is 7.99. The molecule has 0 heterocycles. The lowest BCUT2D eigenvalue weighted by atomic mass is 10.1. The van der Waals surface area contributed by atoms with Gasteiger partial charge in [0.1, 0.15) is 5.75 Å². The molecule has 0 aliphatic rings. The van der Waals surface area contributed by atoms with Gasteiger partial charge in [-0.1, -0.05) is 42.3 Å². The number of hydrazone groups is 1. The number of benzene rings is 2. The maximum Gasteiger partial charge on any atom is 0.275 e. The molecule has 6 heteroatoms. The third-order valence-electron chi connectivity index (χ3n) is 3.21. The molecular weight excluding hydrogens is 335 g/mol. The Kier molecular flexibility index (Phi) is 6.02. The van der Waals surface area contributed by atoms with Crippen LogP contribution in [0.3, 0.4) is 0 Å². The molecule has 0 saturated heterocycles. The Labute approximate surface area is 145 Å². The third-order valence-corrected chi connectivity index (χ3v) is 3.70. The summed E-state index contributed by atoms with van der Waals surface area (Å²) < 4.78 is 5.17. The van der Waals surface area contributed by atoms with Crippen molar-refractivity contribution >= 4 is 34.8 Å². The summed E-state index contributed by atoms with van der Waals surface area (Å²) in [5.41, 5.74) is 4.52. The van der Waals surface area contributed by atoms with E-state index in [4.69, 9.17) is 27.9 Å². The minimum absolute atomic E-state index is 0.329. The van der Waals surface area contributed by atoms with Gasteiger partial charge in [-0.25, -0.2) is 5.43 Å². The van der Waals surface area contributed by atoms with Crippen LogP contribution in [0, 0.1) is 0 Å². The lowest BCUT2D eigenvalue weighted by molar-refractivity contribution is 0.0952. The molecule has 0 radical (unpaired) electrons. The zero-order valence-corrected chi connectivity index (χ0v) is 14.3. The number of rotatable bonds is 5. The number of nitrogens with zero attached hydrogens (tertiary/aromatic N) is 1. The van der Waals surface area contributed by atoms with E-state index >= 15 is 0 Å². The standard InChI is InChI=1S/C17H16Cl2N2O2/c1-3-15(11-4-6-12(18)7-5-11)20-21-17(22)14-10-13(19)8-9-16(14)23-2/h4-10H,3H2,1-2H3,(H,21,22)/b20-15+. The van der Waals surface area contributed by atoms with Gasteiger partial charge in [0.05, 0.1) is 18.4 Å². The summed E-state index contributed by atoms with van der Waals surface area (Å²) in [6, 6.07) is 12.1.